The molecule has 6 heteroatoms. The topological polar surface area (TPSA) is 43.6 Å². The number of tetrazole rings is 1. The van der Waals surface area contributed by atoms with Crippen molar-refractivity contribution in [3.63, 3.8) is 0 Å². The Morgan fingerprint density at radius 2 is 1.15 bits per heavy atom. The van der Waals surface area contributed by atoms with Crippen molar-refractivity contribution in [1.29, 1.82) is 0 Å². The summed E-state index contributed by atoms with van der Waals surface area (Å²) in [6.07, 6.45) is 2.21. The molecule has 1 heterocycles. The van der Waals surface area contributed by atoms with Crippen LogP contribution in [0, 0.1) is 6.92 Å². The van der Waals surface area contributed by atoms with Gasteiger partial charge in [0, 0.05) is 16.7 Å². The van der Waals surface area contributed by atoms with E-state index in [0.717, 1.165) is 16.6 Å². The van der Waals surface area contributed by atoms with Gasteiger partial charge in [-0.25, -0.2) is 0 Å². The van der Waals surface area contributed by atoms with Gasteiger partial charge in [-0.05, 0) is 71.4 Å². The minimum Gasteiger partial charge on any atom is -0.159 e. The Balaban J connectivity index is 1.75. The number of benzene rings is 5. The third-order valence-electron chi connectivity index (χ3n) is 6.94. The monoisotopic (exact) mass is 557 g/mol. The molecular formula is C34H27ClN4P+. The molecule has 0 saturated carbocycles. The van der Waals surface area contributed by atoms with E-state index in [-0.39, 0.29) is 0 Å². The van der Waals surface area contributed by atoms with Crippen LogP contribution in [0.3, 0.4) is 0 Å². The molecule has 5 aromatic carbocycles. The molecule has 194 valence electrons. The summed E-state index contributed by atoms with van der Waals surface area (Å²) in [6.45, 7) is 2.08. The minimum absolute atomic E-state index is 0.687. The van der Waals surface area contributed by atoms with Gasteiger partial charge in [0.25, 0.3) is 0 Å². The van der Waals surface area contributed by atoms with E-state index >= 15 is 0 Å². The van der Waals surface area contributed by atoms with E-state index in [9.17, 15) is 0 Å². The first-order valence-corrected chi connectivity index (χ1v) is 15.2. The van der Waals surface area contributed by atoms with Gasteiger partial charge >= 0.3 is 0 Å². The molecule has 6 rings (SSSR count). The van der Waals surface area contributed by atoms with Gasteiger partial charge in [0.05, 0.1) is 0 Å². The van der Waals surface area contributed by atoms with Crippen molar-refractivity contribution in [2.45, 2.75) is 6.92 Å². The van der Waals surface area contributed by atoms with Gasteiger partial charge in [-0.2, -0.15) is 4.68 Å². The largest absolute Gasteiger partial charge is 0.203 e. The molecule has 0 aliphatic carbocycles. The van der Waals surface area contributed by atoms with Crippen LogP contribution in [0.2, 0.25) is 5.02 Å². The zero-order valence-electron chi connectivity index (χ0n) is 22.0. The molecule has 1 aromatic heterocycles. The second-order valence-electron chi connectivity index (χ2n) is 9.51. The summed E-state index contributed by atoms with van der Waals surface area (Å²) in [5.41, 5.74) is 4.14. The van der Waals surface area contributed by atoms with Crippen LogP contribution in [-0.4, -0.2) is 20.2 Å². The van der Waals surface area contributed by atoms with Crippen LogP contribution in [0.25, 0.3) is 22.9 Å². The van der Waals surface area contributed by atoms with Crippen LogP contribution in [0.5, 0.6) is 0 Å². The number of hydrogen-bond donors (Lipinski definition) is 0. The highest BCUT2D eigenvalue weighted by Crippen LogP contribution is 2.65. The summed E-state index contributed by atoms with van der Waals surface area (Å²) < 4.78 is 1.93. The molecule has 0 spiro atoms. The van der Waals surface area contributed by atoms with Crippen LogP contribution in [-0.2, 0) is 0 Å². The standard InChI is InChI=1S/C34H27ClN4P/c1-26-17-21-28(22-18-26)34-36-37-38-39(34)33(25-27-19-23-29(35)24-20-27)40(30-11-5-2-6-12-30,31-13-7-3-8-14-31)32-15-9-4-10-16-32/h2-25H,1H3/q+1. The molecule has 0 fully saturated rings. The van der Waals surface area contributed by atoms with E-state index in [1.165, 1.54) is 21.5 Å². The number of aromatic nitrogens is 4. The molecule has 0 bridgehead atoms. The second kappa shape index (κ2) is 11.4. The molecular weight excluding hydrogens is 531 g/mol. The van der Waals surface area contributed by atoms with Crippen molar-refractivity contribution >= 4 is 46.3 Å². The number of hydrogen-bond acceptors (Lipinski definition) is 3. The van der Waals surface area contributed by atoms with Crippen LogP contribution in [0.4, 0.5) is 0 Å². The van der Waals surface area contributed by atoms with Crippen LogP contribution in [0.15, 0.2) is 140 Å². The first kappa shape index (κ1) is 25.9. The van der Waals surface area contributed by atoms with Gasteiger partial charge < -0.3 is 0 Å². The Morgan fingerprint density at radius 3 is 1.65 bits per heavy atom. The average Bonchev–Trinajstić information content (AvgIpc) is 3.50. The number of halogens is 1. The lowest BCUT2D eigenvalue weighted by Gasteiger charge is -2.29. The third-order valence-corrected chi connectivity index (χ3v) is 11.4. The third kappa shape index (κ3) is 4.88. The fraction of sp³-hybridized carbons (Fsp3) is 0.0294. The lowest BCUT2D eigenvalue weighted by molar-refractivity contribution is 0.815. The Kier molecular flexibility index (Phi) is 7.37. The van der Waals surface area contributed by atoms with Gasteiger partial charge in [-0.1, -0.05) is 108 Å². The highest BCUT2D eigenvalue weighted by atomic mass is 35.5. The van der Waals surface area contributed by atoms with E-state index < -0.39 is 7.26 Å². The van der Waals surface area contributed by atoms with E-state index in [2.05, 4.69) is 144 Å². The fourth-order valence-electron chi connectivity index (χ4n) is 5.03. The van der Waals surface area contributed by atoms with Crippen molar-refractivity contribution in [1.82, 2.24) is 20.2 Å². The maximum atomic E-state index is 6.29. The second-order valence-corrected chi connectivity index (χ2v) is 13.3. The molecule has 0 aliphatic rings. The van der Waals surface area contributed by atoms with Crippen LogP contribution >= 0.6 is 18.9 Å². The maximum absolute atomic E-state index is 6.29. The van der Waals surface area contributed by atoms with Crippen molar-refractivity contribution in [2.75, 3.05) is 0 Å². The molecule has 40 heavy (non-hydrogen) atoms. The first-order valence-electron chi connectivity index (χ1n) is 13.1. The molecule has 0 saturated heterocycles. The zero-order valence-corrected chi connectivity index (χ0v) is 23.6. The molecule has 0 unspecified atom stereocenters. The Hall–Kier alpha value is -4.37. The van der Waals surface area contributed by atoms with E-state index in [1.54, 1.807) is 0 Å². The molecule has 0 amide bonds. The summed E-state index contributed by atoms with van der Waals surface area (Å²) in [7, 11) is -2.54. The normalized spacial score (nSPS) is 11.9. The molecule has 0 radical (unpaired) electrons. The maximum Gasteiger partial charge on any atom is 0.203 e. The highest BCUT2D eigenvalue weighted by molar-refractivity contribution is 8.03. The van der Waals surface area contributed by atoms with Gasteiger partial charge in [-0.15, -0.1) is 5.10 Å². The van der Waals surface area contributed by atoms with E-state index in [0.29, 0.717) is 10.8 Å². The van der Waals surface area contributed by atoms with Gasteiger partial charge in [0.2, 0.25) is 5.44 Å². The van der Waals surface area contributed by atoms with Crippen LogP contribution in [0.1, 0.15) is 11.1 Å². The molecule has 0 N–H and O–H groups in total. The van der Waals surface area contributed by atoms with Gasteiger partial charge in [0.15, 0.2) is 13.1 Å². The SMILES string of the molecule is Cc1ccc(-c2nnnn2C(=Cc2ccc(Cl)cc2)[P+](c2ccccc2)(c2ccccc2)c2ccccc2)cc1. The molecule has 4 nitrogen and oxygen atoms in total. The van der Waals surface area contributed by atoms with E-state index in [4.69, 9.17) is 11.6 Å². The minimum atomic E-state index is -2.54. The van der Waals surface area contributed by atoms with Crippen molar-refractivity contribution < 1.29 is 0 Å². The summed E-state index contributed by atoms with van der Waals surface area (Å²) in [4.78, 5) is 0. The first-order chi connectivity index (χ1) is 19.7. The summed E-state index contributed by atoms with van der Waals surface area (Å²) in [5, 5.41) is 17.7. The molecule has 0 atom stereocenters. The average molecular weight is 558 g/mol. The Morgan fingerprint density at radius 1 is 0.650 bits per heavy atom. The van der Waals surface area contributed by atoms with Gasteiger partial charge in [-0.3, -0.25) is 0 Å². The van der Waals surface area contributed by atoms with Crippen molar-refractivity contribution in [3.05, 3.63) is 156 Å². The van der Waals surface area contributed by atoms with Crippen molar-refractivity contribution in [3.8, 4) is 11.4 Å². The predicted octanol–water partition coefficient (Wildman–Crippen LogP) is 7.25. The summed E-state index contributed by atoms with van der Waals surface area (Å²) in [5.74, 6) is 0.687. The van der Waals surface area contributed by atoms with E-state index in [1.807, 2.05) is 28.9 Å². The molecule has 0 aliphatic heterocycles. The Labute approximate surface area is 239 Å². The lowest BCUT2D eigenvalue weighted by Crippen LogP contribution is -2.33. The molecule has 6 aromatic rings. The summed E-state index contributed by atoms with van der Waals surface area (Å²) in [6, 6.07) is 48.4. The lowest BCUT2D eigenvalue weighted by atomic mass is 10.1. The number of aryl methyl sites for hydroxylation is 1. The highest BCUT2D eigenvalue weighted by Gasteiger charge is 2.52. The predicted molar refractivity (Wildman–Crippen MR) is 169 cm³/mol. The van der Waals surface area contributed by atoms with Gasteiger partial charge in [0.1, 0.15) is 15.9 Å². The fourth-order valence-corrected chi connectivity index (χ4v) is 9.46. The van der Waals surface area contributed by atoms with Crippen molar-refractivity contribution in [2.24, 2.45) is 0 Å². The summed E-state index contributed by atoms with van der Waals surface area (Å²) >= 11 is 6.29. The zero-order chi connectivity index (χ0) is 27.4. The number of nitrogens with zero attached hydrogens (tertiary/aromatic N) is 4. The quantitative estimate of drug-likeness (QED) is 0.194. The Bertz CT molecular complexity index is 1640. The number of rotatable bonds is 7. The smallest absolute Gasteiger partial charge is 0.159 e. The van der Waals surface area contributed by atoms with Crippen LogP contribution < -0.4 is 15.9 Å².